The molecule has 3 N–H and O–H groups in total. The van der Waals surface area contributed by atoms with Gasteiger partial charge in [0.15, 0.2) is 5.96 Å². The van der Waals surface area contributed by atoms with E-state index in [1.807, 2.05) is 11.8 Å². The Bertz CT molecular complexity index is 734. The monoisotopic (exact) mass is 413 g/mol. The number of guanidine groups is 1. The van der Waals surface area contributed by atoms with Crippen molar-refractivity contribution in [3.8, 4) is 0 Å². The van der Waals surface area contributed by atoms with Gasteiger partial charge in [-0.05, 0) is 30.7 Å². The van der Waals surface area contributed by atoms with Gasteiger partial charge < -0.3 is 20.9 Å². The van der Waals surface area contributed by atoms with Crippen LogP contribution in [0, 0.1) is 0 Å². The van der Waals surface area contributed by atoms with E-state index in [2.05, 4.69) is 20.9 Å². The molecule has 1 unspecified atom stereocenters. The van der Waals surface area contributed by atoms with Crippen LogP contribution >= 0.6 is 0 Å². The fourth-order valence-electron chi connectivity index (χ4n) is 2.99. The second-order valence-electron chi connectivity index (χ2n) is 6.65. The summed E-state index contributed by atoms with van der Waals surface area (Å²) in [5, 5.41) is 8.94. The average Bonchev–Trinajstić information content (AvgIpc) is 3.17. The molecule has 1 aromatic carbocycles. The van der Waals surface area contributed by atoms with Gasteiger partial charge in [0.05, 0.1) is 5.56 Å². The highest BCUT2D eigenvalue weighted by Crippen LogP contribution is 2.29. The number of aliphatic imine (C=N–C) groups is 1. The molecule has 7 nitrogen and oxygen atoms in total. The van der Waals surface area contributed by atoms with Crippen LogP contribution in [-0.4, -0.2) is 61.9 Å². The number of nitrogens with one attached hydrogen (secondary N) is 3. The van der Waals surface area contributed by atoms with Crippen molar-refractivity contribution in [3.63, 3.8) is 0 Å². The van der Waals surface area contributed by atoms with Crippen LogP contribution in [0.25, 0.3) is 0 Å². The molecule has 160 valence electrons. The number of carbonyl (C=O) groups is 2. The Balaban J connectivity index is 1.72. The van der Waals surface area contributed by atoms with Crippen molar-refractivity contribution in [2.75, 3.05) is 33.2 Å². The molecule has 2 amide bonds. The number of carbonyl (C=O) groups excluding carboxylic acids is 2. The van der Waals surface area contributed by atoms with Gasteiger partial charge in [0.2, 0.25) is 5.91 Å². The molecule has 1 fully saturated rings. The zero-order valence-electron chi connectivity index (χ0n) is 16.5. The van der Waals surface area contributed by atoms with Crippen molar-refractivity contribution in [2.24, 2.45) is 4.99 Å². The molecule has 0 radical (unpaired) electrons. The van der Waals surface area contributed by atoms with Gasteiger partial charge in [-0.25, -0.2) is 0 Å². The van der Waals surface area contributed by atoms with Crippen LogP contribution in [0.5, 0.6) is 0 Å². The Hall–Kier alpha value is -2.78. The maximum atomic E-state index is 12.6. The largest absolute Gasteiger partial charge is 0.416 e. The highest BCUT2D eigenvalue weighted by molar-refractivity contribution is 5.94. The lowest BCUT2D eigenvalue weighted by Gasteiger charge is -2.18. The maximum Gasteiger partial charge on any atom is 0.416 e. The van der Waals surface area contributed by atoms with Crippen molar-refractivity contribution in [3.05, 3.63) is 35.4 Å². The summed E-state index contributed by atoms with van der Waals surface area (Å²) in [6.45, 7) is 3.83. The first-order valence-corrected chi connectivity index (χ1v) is 9.45. The van der Waals surface area contributed by atoms with Crippen LogP contribution in [0.3, 0.4) is 0 Å². The number of likely N-dealkylation sites (tertiary alicyclic amines) is 1. The van der Waals surface area contributed by atoms with Crippen LogP contribution in [-0.2, 0) is 11.0 Å². The number of benzene rings is 1. The first-order chi connectivity index (χ1) is 13.7. The third-order valence-corrected chi connectivity index (χ3v) is 4.59. The Morgan fingerprint density at radius 3 is 2.41 bits per heavy atom. The summed E-state index contributed by atoms with van der Waals surface area (Å²) in [7, 11) is 1.63. The SMILES string of the molecule is CCC(=O)N1CCC(NC(=NC)NCCNC(=O)c2ccc(C(F)(F)F)cc2)C1. The third kappa shape index (κ3) is 6.65. The summed E-state index contributed by atoms with van der Waals surface area (Å²) in [5.41, 5.74) is -0.635. The zero-order chi connectivity index (χ0) is 21.4. The van der Waals surface area contributed by atoms with Gasteiger partial charge in [-0.1, -0.05) is 6.92 Å². The van der Waals surface area contributed by atoms with Crippen LogP contribution in [0.15, 0.2) is 29.3 Å². The first kappa shape index (κ1) is 22.5. The summed E-state index contributed by atoms with van der Waals surface area (Å²) in [6.07, 6.45) is -3.11. The standard InChI is InChI=1S/C19H26F3N5O2/c1-3-16(28)27-11-8-15(12-27)26-18(23-2)25-10-9-24-17(29)13-4-6-14(7-5-13)19(20,21)22/h4-7,15H,3,8-12H2,1-2H3,(H,24,29)(H2,23,25,26). The number of rotatable bonds is 6. The highest BCUT2D eigenvalue weighted by Gasteiger charge is 2.30. The van der Waals surface area contributed by atoms with E-state index in [0.29, 0.717) is 32.0 Å². The fourth-order valence-corrected chi connectivity index (χ4v) is 2.99. The third-order valence-electron chi connectivity index (χ3n) is 4.59. The number of amides is 2. The van der Waals surface area contributed by atoms with E-state index in [9.17, 15) is 22.8 Å². The molecule has 1 aliphatic rings. The lowest BCUT2D eigenvalue weighted by molar-refractivity contribution is -0.137. The van der Waals surface area contributed by atoms with Crippen LogP contribution in [0.2, 0.25) is 0 Å². The van der Waals surface area contributed by atoms with Gasteiger partial charge >= 0.3 is 6.18 Å². The predicted octanol–water partition coefficient (Wildman–Crippen LogP) is 1.61. The van der Waals surface area contributed by atoms with E-state index in [0.717, 1.165) is 30.7 Å². The molecule has 0 saturated carbocycles. The number of alkyl halides is 3. The molecule has 1 aromatic rings. The Kier molecular flexibility index (Phi) is 7.86. The van der Waals surface area contributed by atoms with Gasteiger partial charge in [-0.2, -0.15) is 13.2 Å². The average molecular weight is 413 g/mol. The number of hydrogen-bond donors (Lipinski definition) is 3. The minimum absolute atomic E-state index is 0.110. The van der Waals surface area contributed by atoms with Crippen LogP contribution < -0.4 is 16.0 Å². The quantitative estimate of drug-likeness (QED) is 0.376. The second-order valence-corrected chi connectivity index (χ2v) is 6.65. The van der Waals surface area contributed by atoms with Gasteiger partial charge in [0.25, 0.3) is 5.91 Å². The molecule has 0 aliphatic carbocycles. The topological polar surface area (TPSA) is 85.8 Å². The number of halogens is 3. The predicted molar refractivity (Wildman–Crippen MR) is 104 cm³/mol. The van der Waals surface area contributed by atoms with E-state index in [1.54, 1.807) is 7.05 Å². The summed E-state index contributed by atoms with van der Waals surface area (Å²) < 4.78 is 37.7. The highest BCUT2D eigenvalue weighted by atomic mass is 19.4. The molecule has 1 atom stereocenters. The molecule has 10 heteroatoms. The Morgan fingerprint density at radius 2 is 1.83 bits per heavy atom. The summed E-state index contributed by atoms with van der Waals surface area (Å²) in [4.78, 5) is 29.7. The molecule has 1 heterocycles. The Morgan fingerprint density at radius 1 is 1.17 bits per heavy atom. The van der Waals surface area contributed by atoms with Gasteiger partial charge in [0.1, 0.15) is 0 Å². The summed E-state index contributed by atoms with van der Waals surface area (Å²) >= 11 is 0. The van der Waals surface area contributed by atoms with Crippen molar-refractivity contribution < 1.29 is 22.8 Å². The van der Waals surface area contributed by atoms with E-state index in [-0.39, 0.29) is 24.1 Å². The fraction of sp³-hybridized carbons (Fsp3) is 0.526. The number of nitrogens with zero attached hydrogens (tertiary/aromatic N) is 2. The molecular formula is C19H26F3N5O2. The molecule has 1 saturated heterocycles. The second kappa shape index (κ2) is 10.1. The molecule has 2 rings (SSSR count). The Labute approximate surface area is 167 Å². The van der Waals surface area contributed by atoms with Crippen LogP contribution in [0.4, 0.5) is 13.2 Å². The number of hydrogen-bond acceptors (Lipinski definition) is 3. The van der Waals surface area contributed by atoms with E-state index < -0.39 is 17.6 Å². The van der Waals surface area contributed by atoms with Crippen LogP contribution in [0.1, 0.15) is 35.7 Å². The van der Waals surface area contributed by atoms with Crippen molar-refractivity contribution in [1.29, 1.82) is 0 Å². The van der Waals surface area contributed by atoms with E-state index >= 15 is 0 Å². The van der Waals surface area contributed by atoms with Gasteiger partial charge in [-0.15, -0.1) is 0 Å². The molecule has 0 spiro atoms. The van der Waals surface area contributed by atoms with E-state index in [4.69, 9.17) is 0 Å². The van der Waals surface area contributed by atoms with Crippen molar-refractivity contribution in [2.45, 2.75) is 32.0 Å². The smallest absolute Gasteiger partial charge is 0.355 e. The first-order valence-electron chi connectivity index (χ1n) is 9.45. The lowest BCUT2D eigenvalue weighted by atomic mass is 10.1. The van der Waals surface area contributed by atoms with Crippen molar-refractivity contribution >= 4 is 17.8 Å². The van der Waals surface area contributed by atoms with E-state index in [1.165, 1.54) is 0 Å². The molecule has 0 aromatic heterocycles. The normalized spacial score (nSPS) is 17.2. The summed E-state index contributed by atoms with van der Waals surface area (Å²) in [5.74, 6) is 0.237. The van der Waals surface area contributed by atoms with Gasteiger partial charge in [0, 0.05) is 51.3 Å². The minimum atomic E-state index is -4.43. The van der Waals surface area contributed by atoms with Gasteiger partial charge in [-0.3, -0.25) is 14.6 Å². The maximum absolute atomic E-state index is 12.6. The zero-order valence-corrected chi connectivity index (χ0v) is 16.5. The summed E-state index contributed by atoms with van der Waals surface area (Å²) in [6, 6.07) is 4.17. The molecular weight excluding hydrogens is 387 g/mol. The lowest BCUT2D eigenvalue weighted by Crippen LogP contribution is -2.46. The molecule has 1 aliphatic heterocycles. The molecule has 29 heavy (non-hydrogen) atoms. The minimum Gasteiger partial charge on any atom is -0.355 e. The molecule has 0 bridgehead atoms. The van der Waals surface area contributed by atoms with Crippen molar-refractivity contribution in [1.82, 2.24) is 20.9 Å².